The molecule has 0 unspecified atom stereocenters. The van der Waals surface area contributed by atoms with Crippen LogP contribution in [0.4, 0.5) is 0 Å². The van der Waals surface area contributed by atoms with Crippen molar-refractivity contribution in [3.63, 3.8) is 0 Å². The Kier molecular flexibility index (Phi) is 11.6. The zero-order chi connectivity index (χ0) is 16.1. The van der Waals surface area contributed by atoms with E-state index in [9.17, 15) is 9.59 Å². The number of thiol groups is 1. The minimum absolute atomic E-state index is 0.0976. The molecule has 0 radical (unpaired) electrons. The van der Waals surface area contributed by atoms with Crippen LogP contribution in [0.25, 0.3) is 0 Å². The number of nitrogens with one attached hydrogen (secondary N) is 1. The van der Waals surface area contributed by atoms with E-state index in [2.05, 4.69) is 22.9 Å². The van der Waals surface area contributed by atoms with E-state index in [1.54, 1.807) is 0 Å². The Morgan fingerprint density at radius 2 is 1.52 bits per heavy atom. The lowest BCUT2D eigenvalue weighted by molar-refractivity contribution is -0.157. The molecule has 1 amide bonds. The molecule has 9 heteroatoms. The molecule has 124 valence electrons. The topological polar surface area (TPSA) is 83.1 Å². The third kappa shape index (κ3) is 9.09. The Balaban J connectivity index is 4.32. The highest BCUT2D eigenvalue weighted by Gasteiger charge is 2.40. The molecule has 0 spiro atoms. The number of hydroxylamine groups is 1. The lowest BCUT2D eigenvalue weighted by Crippen LogP contribution is -2.46. The Morgan fingerprint density at radius 1 is 1.00 bits per heavy atom. The highest BCUT2D eigenvalue weighted by Crippen LogP contribution is 2.18. The summed E-state index contributed by atoms with van der Waals surface area (Å²) in [5.74, 6) is -0.580. The van der Waals surface area contributed by atoms with Crippen LogP contribution in [-0.4, -0.2) is 46.3 Å². The lowest BCUT2D eigenvalue weighted by Gasteiger charge is -2.28. The van der Waals surface area contributed by atoms with Crippen molar-refractivity contribution in [3.8, 4) is 0 Å². The van der Waals surface area contributed by atoms with Gasteiger partial charge < -0.3 is 18.1 Å². The number of amides is 1. The summed E-state index contributed by atoms with van der Waals surface area (Å²) in [5, 5.41) is 0. The van der Waals surface area contributed by atoms with E-state index in [0.717, 1.165) is 0 Å². The standard InChI is InChI=1S/C12H25NO6SSi/c1-4-16-21(17-5-2,18-6-3)10-8-11(14)13-19-12(15)7-9-20/h20H,4-10H2,1-3H3,(H,13,14). The summed E-state index contributed by atoms with van der Waals surface area (Å²) in [6.07, 6.45) is 0.235. The minimum Gasteiger partial charge on any atom is -0.374 e. The fourth-order valence-corrected chi connectivity index (χ4v) is 4.29. The van der Waals surface area contributed by atoms with Crippen molar-refractivity contribution in [2.45, 2.75) is 39.7 Å². The Hall–Kier alpha value is -0.613. The summed E-state index contributed by atoms with van der Waals surface area (Å²) in [6, 6.07) is 0.332. The fourth-order valence-electron chi connectivity index (χ4n) is 1.58. The molecule has 0 rings (SSSR count). The van der Waals surface area contributed by atoms with Gasteiger partial charge in [0.15, 0.2) is 0 Å². The zero-order valence-electron chi connectivity index (χ0n) is 12.8. The smallest absolute Gasteiger partial charge is 0.374 e. The summed E-state index contributed by atoms with van der Waals surface area (Å²) in [5.41, 5.74) is 2.10. The van der Waals surface area contributed by atoms with Gasteiger partial charge in [-0.2, -0.15) is 18.1 Å². The van der Waals surface area contributed by atoms with Crippen molar-refractivity contribution >= 4 is 33.3 Å². The number of rotatable bonds is 11. The maximum absolute atomic E-state index is 11.7. The average molecular weight is 339 g/mol. The van der Waals surface area contributed by atoms with Crippen molar-refractivity contribution in [1.82, 2.24) is 5.48 Å². The van der Waals surface area contributed by atoms with Gasteiger partial charge in [0.25, 0.3) is 5.91 Å². The molecule has 21 heavy (non-hydrogen) atoms. The van der Waals surface area contributed by atoms with Gasteiger partial charge in [-0.25, -0.2) is 4.79 Å². The van der Waals surface area contributed by atoms with Crippen LogP contribution >= 0.6 is 12.6 Å². The van der Waals surface area contributed by atoms with E-state index < -0.39 is 20.7 Å². The van der Waals surface area contributed by atoms with Crippen LogP contribution in [0, 0.1) is 0 Å². The molecular weight excluding hydrogens is 314 g/mol. The number of hydrogen-bond acceptors (Lipinski definition) is 7. The molecule has 0 saturated carbocycles. The lowest BCUT2D eigenvalue weighted by atomic mass is 10.5. The Morgan fingerprint density at radius 3 is 1.95 bits per heavy atom. The summed E-state index contributed by atoms with van der Waals surface area (Å²) < 4.78 is 16.9. The Bertz CT molecular complexity index is 301. The van der Waals surface area contributed by atoms with Gasteiger partial charge in [-0.05, 0) is 20.8 Å². The van der Waals surface area contributed by atoms with Crippen LogP contribution in [0.1, 0.15) is 33.6 Å². The van der Waals surface area contributed by atoms with Crippen LogP contribution < -0.4 is 5.48 Å². The molecule has 0 atom stereocenters. The molecule has 0 aliphatic carbocycles. The molecule has 7 nitrogen and oxygen atoms in total. The third-order valence-electron chi connectivity index (χ3n) is 2.35. The largest absolute Gasteiger partial charge is 0.501 e. The second-order valence-corrected chi connectivity index (χ2v) is 7.13. The van der Waals surface area contributed by atoms with Gasteiger partial charge >= 0.3 is 14.8 Å². The first-order chi connectivity index (χ1) is 10.0. The minimum atomic E-state index is -2.84. The highest BCUT2D eigenvalue weighted by molar-refractivity contribution is 7.80. The van der Waals surface area contributed by atoms with Crippen LogP contribution in [0.3, 0.4) is 0 Å². The van der Waals surface area contributed by atoms with Gasteiger partial charge in [0.2, 0.25) is 0 Å². The molecule has 0 saturated heterocycles. The number of carbonyl (C=O) groups is 2. The molecule has 1 N–H and O–H groups in total. The summed E-state index contributed by atoms with van der Waals surface area (Å²) in [7, 11) is -2.84. The highest BCUT2D eigenvalue weighted by atomic mass is 32.1. The fraction of sp³-hybridized carbons (Fsp3) is 0.833. The average Bonchev–Trinajstić information content (AvgIpc) is 2.44. The first-order valence-electron chi connectivity index (χ1n) is 7.04. The Labute approximate surface area is 132 Å². The van der Waals surface area contributed by atoms with Gasteiger partial charge in [0, 0.05) is 38.0 Å². The van der Waals surface area contributed by atoms with Crippen LogP contribution in [-0.2, 0) is 27.7 Å². The molecule has 0 aromatic heterocycles. The second-order valence-electron chi connectivity index (χ2n) is 3.95. The summed E-state index contributed by atoms with van der Waals surface area (Å²) in [6.45, 7) is 6.89. The van der Waals surface area contributed by atoms with Gasteiger partial charge in [0.1, 0.15) is 0 Å². The molecule has 0 aliphatic rings. The normalized spacial score (nSPS) is 11.2. The maximum atomic E-state index is 11.7. The van der Waals surface area contributed by atoms with E-state index in [1.807, 2.05) is 20.8 Å². The van der Waals surface area contributed by atoms with E-state index in [4.69, 9.17) is 13.3 Å². The molecule has 0 heterocycles. The van der Waals surface area contributed by atoms with Crippen molar-refractivity contribution in [2.75, 3.05) is 25.6 Å². The van der Waals surface area contributed by atoms with Gasteiger partial charge in [-0.1, -0.05) is 0 Å². The first-order valence-corrected chi connectivity index (χ1v) is 9.61. The summed E-state index contributed by atoms with van der Waals surface area (Å²) >= 11 is 3.90. The molecule has 0 aromatic rings. The quantitative estimate of drug-likeness (QED) is 0.336. The van der Waals surface area contributed by atoms with Crippen molar-refractivity contribution in [2.24, 2.45) is 0 Å². The van der Waals surface area contributed by atoms with Crippen LogP contribution in [0.15, 0.2) is 0 Å². The van der Waals surface area contributed by atoms with E-state index in [0.29, 0.717) is 31.6 Å². The van der Waals surface area contributed by atoms with Crippen molar-refractivity contribution < 1.29 is 27.7 Å². The van der Waals surface area contributed by atoms with E-state index in [1.165, 1.54) is 0 Å². The van der Waals surface area contributed by atoms with Gasteiger partial charge in [-0.15, -0.1) is 0 Å². The van der Waals surface area contributed by atoms with Crippen molar-refractivity contribution in [1.29, 1.82) is 0 Å². The monoisotopic (exact) mass is 339 g/mol. The van der Waals surface area contributed by atoms with Gasteiger partial charge in [0.05, 0.1) is 6.42 Å². The molecule has 0 aromatic carbocycles. The first kappa shape index (κ1) is 20.4. The van der Waals surface area contributed by atoms with Crippen LogP contribution in [0.2, 0.25) is 6.04 Å². The SMILES string of the molecule is CCO[Si](CCC(=O)NOC(=O)CCS)(OCC)OCC. The maximum Gasteiger partial charge on any atom is 0.501 e. The van der Waals surface area contributed by atoms with Gasteiger partial charge in [-0.3, -0.25) is 4.79 Å². The van der Waals surface area contributed by atoms with Crippen molar-refractivity contribution in [3.05, 3.63) is 0 Å². The zero-order valence-corrected chi connectivity index (χ0v) is 14.7. The second kappa shape index (κ2) is 12.0. The number of carbonyl (C=O) groups excluding carboxylic acids is 2. The molecule has 0 aliphatic heterocycles. The predicted molar refractivity (Wildman–Crippen MR) is 82.8 cm³/mol. The molecular formula is C12H25NO6SSi. The number of hydrogen-bond donors (Lipinski definition) is 2. The van der Waals surface area contributed by atoms with E-state index >= 15 is 0 Å². The molecule has 0 bridgehead atoms. The molecule has 0 fully saturated rings. The summed E-state index contributed by atoms with van der Waals surface area (Å²) in [4.78, 5) is 27.4. The van der Waals surface area contributed by atoms with E-state index in [-0.39, 0.29) is 12.8 Å². The third-order valence-corrected chi connectivity index (χ3v) is 5.62. The predicted octanol–water partition coefficient (Wildman–Crippen LogP) is 1.32. The van der Waals surface area contributed by atoms with Crippen LogP contribution in [0.5, 0.6) is 0 Å².